The van der Waals surface area contributed by atoms with E-state index in [-0.39, 0.29) is 6.42 Å². The summed E-state index contributed by atoms with van der Waals surface area (Å²) in [5.41, 5.74) is 0.518. The summed E-state index contributed by atoms with van der Waals surface area (Å²) in [6.45, 7) is 0. The second-order valence-corrected chi connectivity index (χ2v) is 4.46. The molecular weight excluding hydrogens is 202 g/mol. The normalized spacial score (nSPS) is 21.3. The number of oxazole rings is 1. The predicted octanol–water partition coefficient (Wildman–Crippen LogP) is 1.52. The molecule has 1 fully saturated rings. The van der Waals surface area contributed by atoms with E-state index in [4.69, 9.17) is 9.52 Å². The number of hydrogen-bond acceptors (Lipinski definition) is 4. The summed E-state index contributed by atoms with van der Waals surface area (Å²) in [4.78, 5) is 14.6. The number of carbonyl (C=O) groups is 1. The molecule has 0 amide bonds. The highest BCUT2D eigenvalue weighted by Crippen LogP contribution is 2.31. The molecule has 1 aliphatic rings. The minimum Gasteiger partial charge on any atom is -0.481 e. The van der Waals surface area contributed by atoms with Gasteiger partial charge in [-0.15, -0.1) is 0 Å². The van der Waals surface area contributed by atoms with Gasteiger partial charge in [0.2, 0.25) is 0 Å². The maximum atomic E-state index is 10.4. The highest BCUT2D eigenvalue weighted by atomic mass is 32.2. The standard InChI is InChI=1S/C9H11NO3S/c11-8(12)3-7-4-13-9(10-7)6-1-2-14-5-6/h4,6H,1-3,5H2,(H,11,12). The van der Waals surface area contributed by atoms with E-state index in [0.29, 0.717) is 17.5 Å². The van der Waals surface area contributed by atoms with E-state index >= 15 is 0 Å². The average Bonchev–Trinajstić information content (AvgIpc) is 2.69. The van der Waals surface area contributed by atoms with Gasteiger partial charge in [-0.1, -0.05) is 0 Å². The molecule has 0 spiro atoms. The lowest BCUT2D eigenvalue weighted by molar-refractivity contribution is -0.136. The number of rotatable bonds is 3. The summed E-state index contributed by atoms with van der Waals surface area (Å²) < 4.78 is 5.26. The Labute approximate surface area is 85.7 Å². The van der Waals surface area contributed by atoms with Crippen LogP contribution in [0.1, 0.15) is 23.9 Å². The summed E-state index contributed by atoms with van der Waals surface area (Å²) in [5, 5.41) is 8.56. The van der Waals surface area contributed by atoms with Gasteiger partial charge in [-0.05, 0) is 12.2 Å². The zero-order valence-corrected chi connectivity index (χ0v) is 8.42. The van der Waals surface area contributed by atoms with Crippen LogP contribution in [0, 0.1) is 0 Å². The molecule has 14 heavy (non-hydrogen) atoms. The van der Waals surface area contributed by atoms with Crippen molar-refractivity contribution in [3.05, 3.63) is 17.8 Å². The first kappa shape index (κ1) is 9.58. The summed E-state index contributed by atoms with van der Waals surface area (Å²) in [6, 6.07) is 0. The number of hydrogen-bond donors (Lipinski definition) is 1. The van der Waals surface area contributed by atoms with E-state index in [1.54, 1.807) is 0 Å². The van der Waals surface area contributed by atoms with Crippen LogP contribution in [-0.2, 0) is 11.2 Å². The molecule has 1 aromatic rings. The largest absolute Gasteiger partial charge is 0.481 e. The van der Waals surface area contributed by atoms with Gasteiger partial charge in [-0.25, -0.2) is 4.98 Å². The number of thioether (sulfide) groups is 1. The first-order valence-corrected chi connectivity index (χ1v) is 5.65. The molecule has 0 saturated carbocycles. The fourth-order valence-corrected chi connectivity index (χ4v) is 2.69. The van der Waals surface area contributed by atoms with Crippen molar-refractivity contribution in [2.24, 2.45) is 0 Å². The minimum atomic E-state index is -0.870. The van der Waals surface area contributed by atoms with Gasteiger partial charge in [0, 0.05) is 11.7 Å². The van der Waals surface area contributed by atoms with Gasteiger partial charge < -0.3 is 9.52 Å². The molecule has 5 heteroatoms. The second kappa shape index (κ2) is 4.04. The van der Waals surface area contributed by atoms with Crippen LogP contribution in [0.5, 0.6) is 0 Å². The SMILES string of the molecule is O=C(O)Cc1coc(C2CCSC2)n1. The summed E-state index contributed by atoms with van der Waals surface area (Å²) >= 11 is 1.88. The number of nitrogens with zero attached hydrogens (tertiary/aromatic N) is 1. The molecule has 0 radical (unpaired) electrons. The van der Waals surface area contributed by atoms with Crippen molar-refractivity contribution in [1.29, 1.82) is 0 Å². The highest BCUT2D eigenvalue weighted by molar-refractivity contribution is 7.99. The van der Waals surface area contributed by atoms with Crippen molar-refractivity contribution in [3.8, 4) is 0 Å². The van der Waals surface area contributed by atoms with E-state index in [2.05, 4.69) is 4.98 Å². The van der Waals surface area contributed by atoms with Gasteiger partial charge in [0.1, 0.15) is 6.26 Å². The van der Waals surface area contributed by atoms with Crippen LogP contribution in [-0.4, -0.2) is 27.6 Å². The molecule has 1 atom stereocenters. The summed E-state index contributed by atoms with van der Waals surface area (Å²) in [6.07, 6.45) is 2.48. The van der Waals surface area contributed by atoms with Gasteiger partial charge in [-0.2, -0.15) is 11.8 Å². The van der Waals surface area contributed by atoms with E-state index in [0.717, 1.165) is 17.9 Å². The number of aliphatic carboxylic acids is 1. The highest BCUT2D eigenvalue weighted by Gasteiger charge is 2.22. The quantitative estimate of drug-likeness (QED) is 0.824. The van der Waals surface area contributed by atoms with E-state index < -0.39 is 5.97 Å². The van der Waals surface area contributed by atoms with E-state index in [9.17, 15) is 4.79 Å². The molecule has 1 aliphatic heterocycles. The van der Waals surface area contributed by atoms with Crippen molar-refractivity contribution in [3.63, 3.8) is 0 Å². The molecule has 1 saturated heterocycles. The number of carboxylic acids is 1. The predicted molar refractivity (Wildman–Crippen MR) is 52.5 cm³/mol. The molecule has 1 unspecified atom stereocenters. The Morgan fingerprint density at radius 1 is 1.79 bits per heavy atom. The Morgan fingerprint density at radius 3 is 3.29 bits per heavy atom. The molecule has 1 aromatic heterocycles. The lowest BCUT2D eigenvalue weighted by atomic mass is 10.1. The Morgan fingerprint density at radius 2 is 2.64 bits per heavy atom. The van der Waals surface area contributed by atoms with Gasteiger partial charge in [0.05, 0.1) is 12.1 Å². The fourth-order valence-electron chi connectivity index (χ4n) is 1.48. The topological polar surface area (TPSA) is 63.3 Å². The zero-order valence-electron chi connectivity index (χ0n) is 7.60. The molecule has 2 heterocycles. The molecule has 0 bridgehead atoms. The van der Waals surface area contributed by atoms with Gasteiger partial charge in [0.15, 0.2) is 5.89 Å². The fraction of sp³-hybridized carbons (Fsp3) is 0.556. The van der Waals surface area contributed by atoms with E-state index in [1.165, 1.54) is 6.26 Å². The molecule has 0 aromatic carbocycles. The summed E-state index contributed by atoms with van der Waals surface area (Å²) in [7, 11) is 0. The Hall–Kier alpha value is -0.970. The Balaban J connectivity index is 2.05. The molecule has 76 valence electrons. The molecule has 4 nitrogen and oxygen atoms in total. The molecule has 1 N–H and O–H groups in total. The van der Waals surface area contributed by atoms with Gasteiger partial charge in [-0.3, -0.25) is 4.79 Å². The molecular formula is C9H11NO3S. The van der Waals surface area contributed by atoms with Crippen LogP contribution in [0.3, 0.4) is 0 Å². The number of carboxylic acid groups (broad SMARTS) is 1. The lowest BCUT2D eigenvalue weighted by Crippen LogP contribution is -2.01. The average molecular weight is 213 g/mol. The first-order chi connectivity index (χ1) is 6.75. The Bertz CT molecular complexity index is 331. The van der Waals surface area contributed by atoms with Gasteiger partial charge in [0.25, 0.3) is 0 Å². The third kappa shape index (κ3) is 2.09. The third-order valence-corrected chi connectivity index (χ3v) is 3.34. The third-order valence-electron chi connectivity index (χ3n) is 2.18. The maximum absolute atomic E-state index is 10.4. The van der Waals surface area contributed by atoms with Crippen molar-refractivity contribution >= 4 is 17.7 Å². The molecule has 2 rings (SSSR count). The monoisotopic (exact) mass is 213 g/mol. The smallest absolute Gasteiger partial charge is 0.309 e. The maximum Gasteiger partial charge on any atom is 0.309 e. The van der Waals surface area contributed by atoms with Crippen LogP contribution in [0.15, 0.2) is 10.7 Å². The van der Waals surface area contributed by atoms with Gasteiger partial charge >= 0.3 is 5.97 Å². The zero-order chi connectivity index (χ0) is 9.97. The lowest BCUT2D eigenvalue weighted by Gasteiger charge is -1.99. The van der Waals surface area contributed by atoms with Crippen molar-refractivity contribution in [1.82, 2.24) is 4.98 Å². The van der Waals surface area contributed by atoms with Crippen LogP contribution < -0.4 is 0 Å². The minimum absolute atomic E-state index is 0.0522. The van der Waals surface area contributed by atoms with Crippen molar-refractivity contribution in [2.45, 2.75) is 18.8 Å². The molecule has 0 aliphatic carbocycles. The Kier molecular flexibility index (Phi) is 2.77. The van der Waals surface area contributed by atoms with Crippen molar-refractivity contribution < 1.29 is 14.3 Å². The van der Waals surface area contributed by atoms with E-state index in [1.807, 2.05) is 11.8 Å². The summed E-state index contributed by atoms with van der Waals surface area (Å²) in [5.74, 6) is 2.38. The number of aromatic nitrogens is 1. The van der Waals surface area contributed by atoms with Crippen LogP contribution >= 0.6 is 11.8 Å². The van der Waals surface area contributed by atoms with Crippen LogP contribution in [0.25, 0.3) is 0 Å². The van der Waals surface area contributed by atoms with Crippen molar-refractivity contribution in [2.75, 3.05) is 11.5 Å². The first-order valence-electron chi connectivity index (χ1n) is 4.49. The second-order valence-electron chi connectivity index (χ2n) is 3.31. The van der Waals surface area contributed by atoms with Crippen LogP contribution in [0.4, 0.5) is 0 Å². The van der Waals surface area contributed by atoms with Crippen LogP contribution in [0.2, 0.25) is 0 Å².